The molecule has 1 aliphatic rings. The van der Waals surface area contributed by atoms with Gasteiger partial charge in [0.25, 0.3) is 0 Å². The van der Waals surface area contributed by atoms with E-state index in [9.17, 15) is 18.3 Å². The quantitative estimate of drug-likeness (QED) is 0.897. The van der Waals surface area contributed by atoms with Crippen molar-refractivity contribution in [3.8, 4) is 0 Å². The number of carboxylic acids is 1. The van der Waals surface area contributed by atoms with Crippen LogP contribution in [-0.2, 0) is 21.4 Å². The molecule has 8 heteroatoms. The largest absolute Gasteiger partial charge is 0.480 e. The van der Waals surface area contributed by atoms with Crippen molar-refractivity contribution in [1.82, 2.24) is 4.31 Å². The first-order valence-electron chi connectivity index (χ1n) is 6.59. The Hall–Kier alpha value is -1.60. The van der Waals surface area contributed by atoms with Crippen LogP contribution < -0.4 is 0 Å². The lowest BCUT2D eigenvalue weighted by molar-refractivity contribution is -0.141. The Morgan fingerprint density at radius 2 is 1.74 bits per heavy atom. The molecule has 0 fully saturated rings. The summed E-state index contributed by atoms with van der Waals surface area (Å²) in [6, 6.07) is 9.41. The molecule has 0 aromatic heterocycles. The summed E-state index contributed by atoms with van der Waals surface area (Å²) in [4.78, 5) is 11.5. The van der Waals surface area contributed by atoms with Gasteiger partial charge in [0.05, 0.1) is 4.90 Å². The van der Waals surface area contributed by atoms with Gasteiger partial charge in [-0.05, 0) is 29.3 Å². The number of benzene rings is 2. The lowest BCUT2D eigenvalue weighted by atomic mass is 10.1. The Balaban J connectivity index is 2.12. The normalized spacial score (nSPS) is 17.9. The fraction of sp³-hybridized carbons (Fsp3) is 0.133. The van der Waals surface area contributed by atoms with Crippen LogP contribution in [0.15, 0.2) is 47.4 Å². The Morgan fingerprint density at radius 3 is 2.35 bits per heavy atom. The van der Waals surface area contributed by atoms with E-state index in [-0.39, 0.29) is 21.5 Å². The zero-order valence-electron chi connectivity index (χ0n) is 11.6. The van der Waals surface area contributed by atoms with Crippen molar-refractivity contribution in [1.29, 1.82) is 0 Å². The Bertz CT molecular complexity index is 878. The average molecular weight is 372 g/mol. The SMILES string of the molecule is O=C(O)C1c2ccccc2CN1S(=O)(=O)c1cc(Cl)cc(Cl)c1. The summed E-state index contributed by atoms with van der Waals surface area (Å²) in [5, 5.41) is 9.82. The number of carboxylic acid groups (broad SMARTS) is 1. The van der Waals surface area contributed by atoms with Crippen LogP contribution in [-0.4, -0.2) is 23.8 Å². The van der Waals surface area contributed by atoms with Gasteiger partial charge in [0, 0.05) is 16.6 Å². The van der Waals surface area contributed by atoms with E-state index < -0.39 is 22.0 Å². The molecule has 0 saturated carbocycles. The van der Waals surface area contributed by atoms with Crippen LogP contribution in [0.2, 0.25) is 10.0 Å². The van der Waals surface area contributed by atoms with Gasteiger partial charge in [0.1, 0.15) is 6.04 Å². The zero-order chi connectivity index (χ0) is 16.8. The molecule has 2 aromatic carbocycles. The van der Waals surface area contributed by atoms with Gasteiger partial charge in [-0.15, -0.1) is 0 Å². The summed E-state index contributed by atoms with van der Waals surface area (Å²) < 4.78 is 26.7. The smallest absolute Gasteiger partial charge is 0.326 e. The minimum atomic E-state index is -4.06. The molecule has 0 radical (unpaired) electrons. The van der Waals surface area contributed by atoms with E-state index in [1.807, 2.05) is 0 Å². The van der Waals surface area contributed by atoms with Gasteiger partial charge in [-0.2, -0.15) is 4.31 Å². The third-order valence-corrected chi connectivity index (χ3v) is 5.87. The van der Waals surface area contributed by atoms with E-state index in [1.165, 1.54) is 18.2 Å². The lowest BCUT2D eigenvalue weighted by Gasteiger charge is -2.21. The predicted octanol–water partition coefficient (Wildman–Crippen LogP) is 3.32. The number of fused-ring (bicyclic) bond motifs is 1. The van der Waals surface area contributed by atoms with E-state index in [2.05, 4.69) is 0 Å². The molecular weight excluding hydrogens is 361 g/mol. The molecule has 1 N–H and O–H groups in total. The zero-order valence-corrected chi connectivity index (χ0v) is 13.9. The predicted molar refractivity (Wildman–Crippen MR) is 86.0 cm³/mol. The summed E-state index contributed by atoms with van der Waals surface area (Å²) in [7, 11) is -4.06. The second-order valence-corrected chi connectivity index (χ2v) is 7.86. The molecule has 1 atom stereocenters. The fourth-order valence-electron chi connectivity index (χ4n) is 2.65. The summed E-state index contributed by atoms with van der Waals surface area (Å²) in [5.74, 6) is -1.23. The number of hydrogen-bond donors (Lipinski definition) is 1. The molecular formula is C15H11Cl2NO4S. The van der Waals surface area contributed by atoms with Crippen LogP contribution in [0.25, 0.3) is 0 Å². The minimum Gasteiger partial charge on any atom is -0.480 e. The molecule has 120 valence electrons. The summed E-state index contributed by atoms with van der Waals surface area (Å²) >= 11 is 11.7. The van der Waals surface area contributed by atoms with Crippen LogP contribution in [0, 0.1) is 0 Å². The van der Waals surface area contributed by atoms with Gasteiger partial charge in [-0.3, -0.25) is 4.79 Å². The van der Waals surface area contributed by atoms with Crippen LogP contribution in [0.3, 0.4) is 0 Å². The van der Waals surface area contributed by atoms with Crippen LogP contribution in [0.4, 0.5) is 0 Å². The summed E-state index contributed by atoms with van der Waals surface area (Å²) in [5.41, 5.74) is 1.13. The summed E-state index contributed by atoms with van der Waals surface area (Å²) in [6.07, 6.45) is 0. The molecule has 3 rings (SSSR count). The topological polar surface area (TPSA) is 74.7 Å². The van der Waals surface area contributed by atoms with Gasteiger partial charge >= 0.3 is 5.97 Å². The number of hydrogen-bond acceptors (Lipinski definition) is 3. The fourth-order valence-corrected chi connectivity index (χ4v) is 4.92. The average Bonchev–Trinajstić information content (AvgIpc) is 2.86. The maximum atomic E-state index is 12.9. The van der Waals surface area contributed by atoms with Crippen molar-refractivity contribution in [2.24, 2.45) is 0 Å². The molecule has 0 amide bonds. The Labute approximate surface area is 143 Å². The number of sulfonamides is 1. The molecule has 1 unspecified atom stereocenters. The van der Waals surface area contributed by atoms with Crippen LogP contribution >= 0.6 is 23.2 Å². The first-order chi connectivity index (χ1) is 10.8. The maximum absolute atomic E-state index is 12.9. The van der Waals surface area contributed by atoms with Crippen molar-refractivity contribution in [2.75, 3.05) is 0 Å². The highest BCUT2D eigenvalue weighted by molar-refractivity contribution is 7.89. The molecule has 0 saturated heterocycles. The number of carbonyl (C=O) groups is 1. The standard InChI is InChI=1S/C15H11Cl2NO4S/c16-10-5-11(17)7-12(6-10)23(21,22)18-8-9-3-1-2-4-13(9)14(18)15(19)20/h1-7,14H,8H2,(H,19,20). The van der Waals surface area contributed by atoms with E-state index in [0.717, 1.165) is 4.31 Å². The van der Waals surface area contributed by atoms with E-state index in [1.54, 1.807) is 24.3 Å². The maximum Gasteiger partial charge on any atom is 0.326 e. The number of nitrogens with zero attached hydrogens (tertiary/aromatic N) is 1. The molecule has 23 heavy (non-hydrogen) atoms. The van der Waals surface area contributed by atoms with Crippen molar-refractivity contribution < 1.29 is 18.3 Å². The Morgan fingerprint density at radius 1 is 1.13 bits per heavy atom. The van der Waals surface area contributed by atoms with Crippen LogP contribution in [0.1, 0.15) is 17.2 Å². The minimum absolute atomic E-state index is 0.0143. The van der Waals surface area contributed by atoms with Gasteiger partial charge in [0.15, 0.2) is 0 Å². The van der Waals surface area contributed by atoms with Gasteiger partial charge in [-0.1, -0.05) is 47.5 Å². The number of aliphatic carboxylic acids is 1. The third kappa shape index (κ3) is 2.83. The second-order valence-electron chi connectivity index (χ2n) is 5.10. The van der Waals surface area contributed by atoms with Gasteiger partial charge < -0.3 is 5.11 Å². The summed E-state index contributed by atoms with van der Waals surface area (Å²) in [6.45, 7) is -0.0143. The van der Waals surface area contributed by atoms with Crippen molar-refractivity contribution in [2.45, 2.75) is 17.5 Å². The highest BCUT2D eigenvalue weighted by atomic mass is 35.5. The van der Waals surface area contributed by atoms with Crippen LogP contribution in [0.5, 0.6) is 0 Å². The van der Waals surface area contributed by atoms with Crippen molar-refractivity contribution in [3.63, 3.8) is 0 Å². The molecule has 0 aliphatic carbocycles. The second kappa shape index (κ2) is 5.79. The van der Waals surface area contributed by atoms with Crippen molar-refractivity contribution >= 4 is 39.2 Å². The monoisotopic (exact) mass is 371 g/mol. The first-order valence-corrected chi connectivity index (χ1v) is 8.79. The number of halogens is 2. The Kier molecular flexibility index (Phi) is 4.10. The van der Waals surface area contributed by atoms with E-state index in [0.29, 0.717) is 11.1 Å². The third-order valence-electron chi connectivity index (χ3n) is 3.64. The molecule has 1 heterocycles. The highest BCUT2D eigenvalue weighted by Gasteiger charge is 2.43. The molecule has 5 nitrogen and oxygen atoms in total. The molecule has 0 bridgehead atoms. The van der Waals surface area contributed by atoms with Gasteiger partial charge in [-0.25, -0.2) is 8.42 Å². The van der Waals surface area contributed by atoms with Gasteiger partial charge in [0.2, 0.25) is 10.0 Å². The molecule has 2 aromatic rings. The molecule has 0 spiro atoms. The lowest BCUT2D eigenvalue weighted by Crippen LogP contribution is -2.33. The highest BCUT2D eigenvalue weighted by Crippen LogP contribution is 2.38. The first kappa shape index (κ1) is 16.3. The number of rotatable bonds is 3. The molecule has 1 aliphatic heterocycles. The van der Waals surface area contributed by atoms with E-state index >= 15 is 0 Å². The van der Waals surface area contributed by atoms with E-state index in [4.69, 9.17) is 23.2 Å². The van der Waals surface area contributed by atoms with Crippen molar-refractivity contribution in [3.05, 3.63) is 63.6 Å².